The lowest BCUT2D eigenvalue weighted by atomic mass is 9.89. The number of aromatic nitrogens is 3. The molecule has 23 heavy (non-hydrogen) atoms. The van der Waals surface area contributed by atoms with Crippen LogP contribution in [0.1, 0.15) is 19.3 Å². The van der Waals surface area contributed by atoms with Gasteiger partial charge in [0.25, 0.3) is 0 Å². The maximum absolute atomic E-state index is 6.18. The molecule has 0 radical (unpaired) electrons. The molecule has 4 heterocycles. The zero-order valence-electron chi connectivity index (χ0n) is 13.0. The number of nitrogens with zero attached hydrogens (tertiary/aromatic N) is 4. The third-order valence-electron chi connectivity index (χ3n) is 4.49. The molecule has 0 aromatic carbocycles. The van der Waals surface area contributed by atoms with Crippen molar-refractivity contribution in [3.05, 3.63) is 43.0 Å². The van der Waals surface area contributed by atoms with Crippen molar-refractivity contribution in [2.75, 3.05) is 24.6 Å². The SMILES string of the molecule is c1cnc(N2CCC[C@@]3(C[C@@H](Oc4cccnc4)CO3)C2)nc1. The summed E-state index contributed by atoms with van der Waals surface area (Å²) in [5.41, 5.74) is -0.148. The fourth-order valence-electron chi connectivity index (χ4n) is 3.50. The van der Waals surface area contributed by atoms with E-state index >= 15 is 0 Å². The van der Waals surface area contributed by atoms with Crippen molar-refractivity contribution in [2.24, 2.45) is 0 Å². The van der Waals surface area contributed by atoms with E-state index < -0.39 is 0 Å². The minimum Gasteiger partial charge on any atom is -0.486 e. The zero-order chi connectivity index (χ0) is 15.5. The third-order valence-corrected chi connectivity index (χ3v) is 4.49. The minimum atomic E-state index is -0.148. The van der Waals surface area contributed by atoms with Gasteiger partial charge in [0.05, 0.1) is 18.4 Å². The Labute approximate surface area is 135 Å². The van der Waals surface area contributed by atoms with Gasteiger partial charge in [-0.1, -0.05) is 0 Å². The Hall–Kier alpha value is -2.21. The van der Waals surface area contributed by atoms with Crippen molar-refractivity contribution in [1.82, 2.24) is 15.0 Å². The van der Waals surface area contributed by atoms with Crippen molar-refractivity contribution in [1.29, 1.82) is 0 Å². The van der Waals surface area contributed by atoms with Gasteiger partial charge in [0.15, 0.2) is 0 Å². The van der Waals surface area contributed by atoms with E-state index in [0.29, 0.717) is 6.61 Å². The normalized spacial score (nSPS) is 27.3. The molecule has 2 atom stereocenters. The maximum Gasteiger partial charge on any atom is 0.225 e. The number of hydrogen-bond acceptors (Lipinski definition) is 6. The molecule has 2 fully saturated rings. The van der Waals surface area contributed by atoms with Gasteiger partial charge >= 0.3 is 0 Å². The smallest absolute Gasteiger partial charge is 0.225 e. The quantitative estimate of drug-likeness (QED) is 0.865. The molecular weight excluding hydrogens is 292 g/mol. The van der Waals surface area contributed by atoms with Crippen LogP contribution in [0.4, 0.5) is 5.95 Å². The highest BCUT2D eigenvalue weighted by atomic mass is 16.6. The Morgan fingerprint density at radius 3 is 2.96 bits per heavy atom. The van der Waals surface area contributed by atoms with E-state index in [1.165, 1.54) is 0 Å². The second-order valence-corrected chi connectivity index (χ2v) is 6.20. The molecule has 2 aromatic rings. The second-order valence-electron chi connectivity index (χ2n) is 6.20. The summed E-state index contributed by atoms with van der Waals surface area (Å²) in [6.07, 6.45) is 10.2. The van der Waals surface area contributed by atoms with Gasteiger partial charge in [-0.3, -0.25) is 4.98 Å². The molecule has 0 unspecified atom stereocenters. The predicted octanol–water partition coefficient (Wildman–Crippen LogP) is 2.08. The van der Waals surface area contributed by atoms with E-state index in [4.69, 9.17) is 9.47 Å². The summed E-state index contributed by atoms with van der Waals surface area (Å²) in [7, 11) is 0. The average molecular weight is 312 g/mol. The van der Waals surface area contributed by atoms with E-state index in [-0.39, 0.29) is 11.7 Å². The van der Waals surface area contributed by atoms with Gasteiger partial charge in [-0.15, -0.1) is 0 Å². The van der Waals surface area contributed by atoms with Gasteiger partial charge in [0, 0.05) is 38.1 Å². The van der Waals surface area contributed by atoms with Gasteiger partial charge in [-0.05, 0) is 31.0 Å². The second kappa shape index (κ2) is 6.12. The molecule has 2 saturated heterocycles. The van der Waals surface area contributed by atoms with Crippen molar-refractivity contribution in [3.63, 3.8) is 0 Å². The first-order valence-electron chi connectivity index (χ1n) is 8.06. The Kier molecular flexibility index (Phi) is 3.83. The monoisotopic (exact) mass is 312 g/mol. The van der Waals surface area contributed by atoms with Gasteiger partial charge in [0.2, 0.25) is 5.95 Å². The Bertz CT molecular complexity index is 640. The lowest BCUT2D eigenvalue weighted by molar-refractivity contribution is -0.00845. The first-order chi connectivity index (χ1) is 11.3. The Morgan fingerprint density at radius 2 is 2.13 bits per heavy atom. The largest absolute Gasteiger partial charge is 0.486 e. The number of hydrogen-bond donors (Lipinski definition) is 0. The van der Waals surface area contributed by atoms with Crippen molar-refractivity contribution in [2.45, 2.75) is 31.0 Å². The lowest BCUT2D eigenvalue weighted by Crippen LogP contribution is -2.48. The standard InChI is InChI=1S/C17H20N4O2/c1-4-14(11-18-6-1)23-15-10-17(22-12-15)5-2-9-21(13-17)16-19-7-3-8-20-16/h1,3-4,6-8,11,15H,2,5,9-10,12-13H2/t15-,17-/m1/s1. The number of rotatable bonds is 3. The van der Waals surface area contributed by atoms with Crippen molar-refractivity contribution >= 4 is 5.95 Å². The van der Waals surface area contributed by atoms with E-state index in [1.807, 2.05) is 18.2 Å². The highest BCUT2D eigenvalue weighted by Crippen LogP contribution is 2.36. The highest BCUT2D eigenvalue weighted by Gasteiger charge is 2.45. The van der Waals surface area contributed by atoms with Crippen LogP contribution in [0.25, 0.3) is 0 Å². The molecule has 0 amide bonds. The number of piperidine rings is 1. The summed E-state index contributed by atoms with van der Waals surface area (Å²) in [5.74, 6) is 1.59. The topological polar surface area (TPSA) is 60.4 Å². The summed E-state index contributed by atoms with van der Waals surface area (Å²) in [4.78, 5) is 15.0. The van der Waals surface area contributed by atoms with Crippen LogP contribution >= 0.6 is 0 Å². The van der Waals surface area contributed by atoms with Crippen LogP contribution in [0.5, 0.6) is 5.75 Å². The van der Waals surface area contributed by atoms with Gasteiger partial charge in [-0.25, -0.2) is 9.97 Å². The van der Waals surface area contributed by atoms with Crippen LogP contribution in [0, 0.1) is 0 Å². The van der Waals surface area contributed by atoms with Gasteiger partial charge in [0.1, 0.15) is 11.9 Å². The highest BCUT2D eigenvalue weighted by molar-refractivity contribution is 5.31. The molecule has 6 heteroatoms. The van der Waals surface area contributed by atoms with Crippen molar-refractivity contribution < 1.29 is 9.47 Å². The van der Waals surface area contributed by atoms with Crippen LogP contribution < -0.4 is 9.64 Å². The van der Waals surface area contributed by atoms with Crippen LogP contribution in [0.3, 0.4) is 0 Å². The fraction of sp³-hybridized carbons (Fsp3) is 0.471. The Balaban J connectivity index is 1.43. The number of anilines is 1. The van der Waals surface area contributed by atoms with E-state index in [2.05, 4.69) is 19.9 Å². The molecular formula is C17H20N4O2. The average Bonchev–Trinajstić information content (AvgIpc) is 2.98. The van der Waals surface area contributed by atoms with E-state index in [9.17, 15) is 0 Å². The molecule has 120 valence electrons. The molecule has 0 saturated carbocycles. The summed E-state index contributed by atoms with van der Waals surface area (Å²) in [6.45, 7) is 2.42. The van der Waals surface area contributed by atoms with E-state index in [1.54, 1.807) is 24.8 Å². The first kappa shape index (κ1) is 14.4. The zero-order valence-corrected chi connectivity index (χ0v) is 13.0. The van der Waals surface area contributed by atoms with Gasteiger partial charge in [-0.2, -0.15) is 0 Å². The molecule has 2 aliphatic heterocycles. The van der Waals surface area contributed by atoms with Crippen LogP contribution in [0.2, 0.25) is 0 Å². The number of ether oxygens (including phenoxy) is 2. The maximum atomic E-state index is 6.18. The van der Waals surface area contributed by atoms with Crippen LogP contribution in [0.15, 0.2) is 43.0 Å². The molecule has 1 spiro atoms. The molecule has 4 rings (SSSR count). The Morgan fingerprint density at radius 1 is 1.22 bits per heavy atom. The molecule has 0 aliphatic carbocycles. The van der Waals surface area contributed by atoms with Crippen LogP contribution in [-0.2, 0) is 4.74 Å². The molecule has 0 bridgehead atoms. The minimum absolute atomic E-state index is 0.0795. The summed E-state index contributed by atoms with van der Waals surface area (Å²) >= 11 is 0. The molecule has 0 N–H and O–H groups in total. The molecule has 2 aliphatic rings. The summed E-state index contributed by atoms with van der Waals surface area (Å²) < 4.78 is 12.2. The fourth-order valence-corrected chi connectivity index (χ4v) is 3.50. The van der Waals surface area contributed by atoms with Crippen LogP contribution in [-0.4, -0.2) is 46.4 Å². The molecule has 2 aromatic heterocycles. The predicted molar refractivity (Wildman–Crippen MR) is 85.4 cm³/mol. The molecule has 6 nitrogen and oxygen atoms in total. The van der Waals surface area contributed by atoms with Gasteiger partial charge < -0.3 is 14.4 Å². The van der Waals surface area contributed by atoms with Crippen molar-refractivity contribution in [3.8, 4) is 5.75 Å². The lowest BCUT2D eigenvalue weighted by Gasteiger charge is -2.39. The first-order valence-corrected chi connectivity index (χ1v) is 8.06. The van der Waals surface area contributed by atoms with E-state index in [0.717, 1.165) is 44.0 Å². The third kappa shape index (κ3) is 3.12. The number of pyridine rings is 1. The summed E-state index contributed by atoms with van der Waals surface area (Å²) in [5, 5.41) is 0. The summed E-state index contributed by atoms with van der Waals surface area (Å²) in [6, 6.07) is 5.66.